The van der Waals surface area contributed by atoms with E-state index in [4.69, 9.17) is 16.1 Å². The second kappa shape index (κ2) is 7.79. The Kier molecular flexibility index (Phi) is 5.77. The lowest BCUT2D eigenvalue weighted by molar-refractivity contribution is 0.387. The molecule has 0 aliphatic heterocycles. The molecule has 2 rings (SSSR count). The summed E-state index contributed by atoms with van der Waals surface area (Å²) in [6.07, 6.45) is 0. The van der Waals surface area contributed by atoms with Gasteiger partial charge in [0.15, 0.2) is 11.8 Å². The molecule has 22 heavy (non-hydrogen) atoms. The number of halogens is 1. The van der Waals surface area contributed by atoms with Crippen LogP contribution in [0.5, 0.6) is 0 Å². The van der Waals surface area contributed by atoms with E-state index in [2.05, 4.69) is 25.8 Å². The number of nitrogens with one attached hydrogen (secondary N) is 2. The van der Waals surface area contributed by atoms with E-state index < -0.39 is 0 Å². The quantitative estimate of drug-likeness (QED) is 0.654. The second-order valence-electron chi connectivity index (χ2n) is 4.81. The van der Waals surface area contributed by atoms with Gasteiger partial charge in [0, 0.05) is 18.5 Å². The summed E-state index contributed by atoms with van der Waals surface area (Å²) < 4.78 is 4.93. The van der Waals surface area contributed by atoms with Gasteiger partial charge in [0.1, 0.15) is 6.54 Å². The summed E-state index contributed by atoms with van der Waals surface area (Å²) in [7, 11) is 0. The Hall–Kier alpha value is -2.08. The van der Waals surface area contributed by atoms with Gasteiger partial charge in [0.2, 0.25) is 5.89 Å². The first-order chi connectivity index (χ1) is 10.6. The zero-order chi connectivity index (χ0) is 15.9. The Morgan fingerprint density at radius 3 is 2.82 bits per heavy atom. The first kappa shape index (κ1) is 16.3. The first-order valence-corrected chi connectivity index (χ1v) is 7.56. The zero-order valence-corrected chi connectivity index (χ0v) is 13.7. The van der Waals surface area contributed by atoms with Crippen molar-refractivity contribution < 1.29 is 4.52 Å². The van der Waals surface area contributed by atoms with Gasteiger partial charge in [-0.05, 0) is 25.5 Å². The van der Waals surface area contributed by atoms with Gasteiger partial charge in [-0.1, -0.05) is 35.0 Å². The molecule has 1 aromatic carbocycles. The van der Waals surface area contributed by atoms with E-state index >= 15 is 0 Å². The minimum absolute atomic E-state index is 0.0264. The third kappa shape index (κ3) is 4.46. The molecule has 0 aliphatic carbocycles. The van der Waals surface area contributed by atoms with Crippen molar-refractivity contribution in [2.45, 2.75) is 33.4 Å². The predicted molar refractivity (Wildman–Crippen MR) is 86.9 cm³/mol. The van der Waals surface area contributed by atoms with E-state index in [0.29, 0.717) is 24.2 Å². The fourth-order valence-electron chi connectivity index (χ4n) is 1.98. The monoisotopic (exact) mass is 321 g/mol. The van der Waals surface area contributed by atoms with Gasteiger partial charge < -0.3 is 15.2 Å². The lowest BCUT2D eigenvalue weighted by Gasteiger charge is -2.19. The summed E-state index contributed by atoms with van der Waals surface area (Å²) >= 11 is 6.22. The number of guanidine groups is 1. The zero-order valence-electron chi connectivity index (χ0n) is 12.9. The Balaban J connectivity index is 2.06. The standard InChI is InChI=1S/C15H20ClN5O/c1-4-17-15(18-9-14-20-11(3)22-21-14)19-10(2)12-7-5-6-8-13(12)16/h5-8,10H,4,9H2,1-3H3,(H2,17,18,19). The summed E-state index contributed by atoms with van der Waals surface area (Å²) in [6, 6.07) is 7.77. The Morgan fingerprint density at radius 1 is 1.41 bits per heavy atom. The summed E-state index contributed by atoms with van der Waals surface area (Å²) in [5, 5.41) is 11.1. The minimum Gasteiger partial charge on any atom is -0.357 e. The Morgan fingerprint density at radius 2 is 2.18 bits per heavy atom. The maximum absolute atomic E-state index is 6.22. The smallest absolute Gasteiger partial charge is 0.223 e. The van der Waals surface area contributed by atoms with Crippen LogP contribution in [0.15, 0.2) is 33.8 Å². The lowest BCUT2D eigenvalue weighted by atomic mass is 10.1. The molecule has 0 bridgehead atoms. The van der Waals surface area contributed by atoms with Crippen LogP contribution in [-0.2, 0) is 6.54 Å². The molecular formula is C15H20ClN5O. The van der Waals surface area contributed by atoms with Crippen molar-refractivity contribution in [2.75, 3.05) is 6.54 Å². The third-order valence-corrected chi connectivity index (χ3v) is 3.36. The fraction of sp³-hybridized carbons (Fsp3) is 0.400. The lowest BCUT2D eigenvalue weighted by Crippen LogP contribution is -2.38. The van der Waals surface area contributed by atoms with Crippen LogP contribution < -0.4 is 10.6 Å². The van der Waals surface area contributed by atoms with Gasteiger partial charge in [-0.3, -0.25) is 0 Å². The molecule has 1 aromatic heterocycles. The normalized spacial score (nSPS) is 13.0. The van der Waals surface area contributed by atoms with Crippen LogP contribution in [0.1, 0.15) is 37.2 Å². The molecule has 0 amide bonds. The molecule has 2 aromatic rings. The summed E-state index contributed by atoms with van der Waals surface area (Å²) in [5.74, 6) is 1.77. The van der Waals surface area contributed by atoms with Crippen LogP contribution in [0.4, 0.5) is 0 Å². The topological polar surface area (TPSA) is 75.3 Å². The van der Waals surface area contributed by atoms with E-state index in [-0.39, 0.29) is 6.04 Å². The highest BCUT2D eigenvalue weighted by molar-refractivity contribution is 6.31. The third-order valence-electron chi connectivity index (χ3n) is 3.02. The highest BCUT2D eigenvalue weighted by atomic mass is 35.5. The number of benzene rings is 1. The van der Waals surface area contributed by atoms with Gasteiger partial charge >= 0.3 is 0 Å². The molecule has 1 heterocycles. The molecule has 1 unspecified atom stereocenters. The van der Waals surface area contributed by atoms with Gasteiger partial charge in [0.25, 0.3) is 0 Å². The van der Waals surface area contributed by atoms with E-state index in [9.17, 15) is 0 Å². The number of aromatic nitrogens is 2. The Labute approximate surface area is 135 Å². The van der Waals surface area contributed by atoms with Gasteiger partial charge in [-0.15, -0.1) is 0 Å². The first-order valence-electron chi connectivity index (χ1n) is 7.18. The van der Waals surface area contributed by atoms with Crippen LogP contribution in [0.2, 0.25) is 5.02 Å². The molecule has 2 N–H and O–H groups in total. The molecule has 1 atom stereocenters. The number of aliphatic imine (C=N–C) groups is 1. The van der Waals surface area contributed by atoms with Crippen LogP contribution in [-0.4, -0.2) is 22.6 Å². The highest BCUT2D eigenvalue weighted by Crippen LogP contribution is 2.21. The van der Waals surface area contributed by atoms with Crippen LogP contribution >= 0.6 is 11.6 Å². The summed E-state index contributed by atoms with van der Waals surface area (Å²) in [4.78, 5) is 8.59. The average Bonchev–Trinajstić information content (AvgIpc) is 2.91. The summed E-state index contributed by atoms with van der Waals surface area (Å²) in [6.45, 7) is 6.90. The molecule has 6 nitrogen and oxygen atoms in total. The van der Waals surface area contributed by atoms with Crippen LogP contribution in [0.3, 0.4) is 0 Å². The van der Waals surface area contributed by atoms with Crippen molar-refractivity contribution >= 4 is 17.6 Å². The number of nitrogens with zero attached hydrogens (tertiary/aromatic N) is 3. The second-order valence-corrected chi connectivity index (χ2v) is 5.22. The minimum atomic E-state index is 0.0264. The highest BCUT2D eigenvalue weighted by Gasteiger charge is 2.11. The molecule has 0 radical (unpaired) electrons. The largest absolute Gasteiger partial charge is 0.357 e. The van der Waals surface area contributed by atoms with Crippen molar-refractivity contribution in [1.29, 1.82) is 0 Å². The number of rotatable bonds is 5. The molecule has 0 saturated carbocycles. The number of hydrogen-bond acceptors (Lipinski definition) is 4. The van der Waals surface area contributed by atoms with E-state index in [0.717, 1.165) is 17.1 Å². The molecule has 118 valence electrons. The molecular weight excluding hydrogens is 302 g/mol. The van der Waals surface area contributed by atoms with Crippen LogP contribution in [0.25, 0.3) is 0 Å². The predicted octanol–water partition coefficient (Wildman–Crippen LogP) is 2.85. The molecule has 0 fully saturated rings. The summed E-state index contributed by atoms with van der Waals surface area (Å²) in [5.41, 5.74) is 1.02. The van der Waals surface area contributed by atoms with Gasteiger partial charge in [-0.2, -0.15) is 4.98 Å². The van der Waals surface area contributed by atoms with Crippen molar-refractivity contribution in [3.63, 3.8) is 0 Å². The van der Waals surface area contributed by atoms with E-state index in [1.165, 1.54) is 0 Å². The van der Waals surface area contributed by atoms with Crippen molar-refractivity contribution in [3.05, 3.63) is 46.6 Å². The van der Waals surface area contributed by atoms with E-state index in [1.54, 1.807) is 6.92 Å². The van der Waals surface area contributed by atoms with E-state index in [1.807, 2.05) is 38.1 Å². The molecule has 0 saturated heterocycles. The maximum Gasteiger partial charge on any atom is 0.223 e. The van der Waals surface area contributed by atoms with Crippen molar-refractivity contribution in [2.24, 2.45) is 4.99 Å². The van der Waals surface area contributed by atoms with Gasteiger partial charge in [-0.25, -0.2) is 4.99 Å². The van der Waals surface area contributed by atoms with Crippen molar-refractivity contribution in [1.82, 2.24) is 20.8 Å². The number of aryl methyl sites for hydroxylation is 1. The molecule has 7 heteroatoms. The SMILES string of the molecule is CCNC(=NCc1noc(C)n1)NC(C)c1ccccc1Cl. The number of hydrogen-bond donors (Lipinski definition) is 2. The molecule has 0 aliphatic rings. The van der Waals surface area contributed by atoms with Crippen molar-refractivity contribution in [3.8, 4) is 0 Å². The Bertz CT molecular complexity index is 640. The van der Waals surface area contributed by atoms with Crippen LogP contribution in [0, 0.1) is 6.92 Å². The molecule has 0 spiro atoms. The van der Waals surface area contributed by atoms with Gasteiger partial charge in [0.05, 0.1) is 6.04 Å². The fourth-order valence-corrected chi connectivity index (χ4v) is 2.28. The maximum atomic E-state index is 6.22. The average molecular weight is 322 g/mol.